The Bertz CT molecular complexity index is 972. The van der Waals surface area contributed by atoms with Crippen LogP contribution in [0.5, 0.6) is 0 Å². The summed E-state index contributed by atoms with van der Waals surface area (Å²) in [5.41, 5.74) is -0.0138. The third kappa shape index (κ3) is 7.22. The smallest absolute Gasteiger partial charge is 0.416 e. The van der Waals surface area contributed by atoms with Gasteiger partial charge in [0.1, 0.15) is 23.8 Å². The van der Waals surface area contributed by atoms with Gasteiger partial charge in [0.05, 0.1) is 24.2 Å². The number of rotatable bonds is 10. The molecule has 0 fully saturated rings. The van der Waals surface area contributed by atoms with Gasteiger partial charge in [-0.2, -0.15) is 13.2 Å². The molecule has 0 aliphatic rings. The van der Waals surface area contributed by atoms with Crippen LogP contribution in [0.3, 0.4) is 0 Å². The maximum absolute atomic E-state index is 12.6. The number of halogens is 3. The molecular weight excluding hydrogens is 433 g/mol. The van der Waals surface area contributed by atoms with E-state index in [4.69, 9.17) is 5.11 Å². The number of carbonyl (C=O) groups is 4. The monoisotopic (exact) mass is 454 g/mol. The fourth-order valence-electron chi connectivity index (χ4n) is 2.70. The fraction of sp³-hybridized carbons (Fsp3) is 0.350. The normalized spacial score (nSPS) is 13.1. The summed E-state index contributed by atoms with van der Waals surface area (Å²) < 4.78 is 37.8. The maximum atomic E-state index is 12.6. The Kier molecular flexibility index (Phi) is 8.10. The standard InChI is InChI=1S/C20H21F3N4O5/c1-11(18(31)26-14(10-28)8-17(29)30)25-19(32)15-9-24-16(27-15)7-4-12-2-5-13(6-3-12)20(21,22)23/h2-3,5-6,9-11,14H,4,7-8H2,1H3,(H,24,27)(H,25,32)(H,26,31)(H,29,30). The number of aryl methyl sites for hydroxylation is 2. The average molecular weight is 454 g/mol. The number of hydrogen-bond donors (Lipinski definition) is 4. The van der Waals surface area contributed by atoms with E-state index < -0.39 is 48.0 Å². The Morgan fingerprint density at radius 3 is 2.38 bits per heavy atom. The number of hydrogen-bond acceptors (Lipinski definition) is 5. The first kappa shape index (κ1) is 24.6. The molecule has 9 nitrogen and oxygen atoms in total. The zero-order chi connectivity index (χ0) is 23.9. The van der Waals surface area contributed by atoms with Crippen molar-refractivity contribution in [3.63, 3.8) is 0 Å². The predicted molar refractivity (Wildman–Crippen MR) is 105 cm³/mol. The van der Waals surface area contributed by atoms with Gasteiger partial charge in [-0.05, 0) is 31.0 Å². The molecule has 0 saturated carbocycles. The summed E-state index contributed by atoms with van der Waals surface area (Å²) in [6.45, 7) is 1.36. The Morgan fingerprint density at radius 1 is 1.16 bits per heavy atom. The van der Waals surface area contributed by atoms with Crippen LogP contribution < -0.4 is 10.6 Å². The summed E-state index contributed by atoms with van der Waals surface area (Å²) in [7, 11) is 0. The van der Waals surface area contributed by atoms with Crippen molar-refractivity contribution in [1.29, 1.82) is 0 Å². The lowest BCUT2D eigenvalue weighted by Gasteiger charge is -2.16. The number of aromatic nitrogens is 2. The van der Waals surface area contributed by atoms with Crippen molar-refractivity contribution < 1.29 is 37.5 Å². The number of H-pyrrole nitrogens is 1. The lowest BCUT2D eigenvalue weighted by atomic mass is 10.1. The zero-order valence-corrected chi connectivity index (χ0v) is 16.9. The number of alkyl halides is 3. The van der Waals surface area contributed by atoms with Crippen molar-refractivity contribution in [3.8, 4) is 0 Å². The summed E-state index contributed by atoms with van der Waals surface area (Å²) in [6.07, 6.45) is -2.72. The van der Waals surface area contributed by atoms with Crippen molar-refractivity contribution >= 4 is 24.1 Å². The fourth-order valence-corrected chi connectivity index (χ4v) is 2.70. The molecule has 172 valence electrons. The number of benzene rings is 1. The summed E-state index contributed by atoms with van der Waals surface area (Å²) in [5.74, 6) is -2.23. The number of nitrogens with zero attached hydrogens (tertiary/aromatic N) is 1. The largest absolute Gasteiger partial charge is 0.481 e. The summed E-state index contributed by atoms with van der Waals surface area (Å²) in [6, 6.07) is 2.46. The Hall–Kier alpha value is -3.70. The molecule has 0 aliphatic heterocycles. The highest BCUT2D eigenvalue weighted by molar-refractivity contribution is 5.96. The molecule has 1 aromatic heterocycles. The highest BCUT2D eigenvalue weighted by Crippen LogP contribution is 2.29. The summed E-state index contributed by atoms with van der Waals surface area (Å²) >= 11 is 0. The van der Waals surface area contributed by atoms with E-state index in [0.29, 0.717) is 30.5 Å². The van der Waals surface area contributed by atoms with Crippen molar-refractivity contribution in [3.05, 3.63) is 53.1 Å². The minimum atomic E-state index is -4.40. The van der Waals surface area contributed by atoms with E-state index in [-0.39, 0.29) is 5.69 Å². The number of carboxylic acids is 1. The van der Waals surface area contributed by atoms with E-state index in [1.54, 1.807) is 0 Å². The second-order valence-corrected chi connectivity index (χ2v) is 6.98. The van der Waals surface area contributed by atoms with Gasteiger partial charge in [0.15, 0.2) is 0 Å². The quantitative estimate of drug-likeness (QED) is 0.401. The molecule has 0 aliphatic carbocycles. The third-order valence-electron chi connectivity index (χ3n) is 4.43. The number of nitrogens with one attached hydrogen (secondary N) is 3. The van der Waals surface area contributed by atoms with Gasteiger partial charge >= 0.3 is 12.1 Å². The topological polar surface area (TPSA) is 141 Å². The minimum Gasteiger partial charge on any atom is -0.481 e. The van der Waals surface area contributed by atoms with Crippen LogP contribution in [0.1, 0.15) is 40.8 Å². The molecule has 2 amide bonds. The molecule has 2 rings (SSSR count). The number of aldehydes is 1. The van der Waals surface area contributed by atoms with E-state index >= 15 is 0 Å². The summed E-state index contributed by atoms with van der Waals surface area (Å²) in [5, 5.41) is 13.3. The van der Waals surface area contributed by atoms with Crippen molar-refractivity contribution in [1.82, 2.24) is 20.6 Å². The van der Waals surface area contributed by atoms with Gasteiger partial charge in [0.2, 0.25) is 5.91 Å². The second kappa shape index (κ2) is 10.6. The van der Waals surface area contributed by atoms with Gasteiger partial charge in [-0.1, -0.05) is 12.1 Å². The van der Waals surface area contributed by atoms with Gasteiger partial charge in [-0.15, -0.1) is 0 Å². The molecule has 0 radical (unpaired) electrons. The molecule has 1 heterocycles. The molecule has 2 atom stereocenters. The average Bonchev–Trinajstić information content (AvgIpc) is 3.20. The maximum Gasteiger partial charge on any atom is 0.416 e. The van der Waals surface area contributed by atoms with Crippen LogP contribution >= 0.6 is 0 Å². The van der Waals surface area contributed by atoms with Crippen LogP contribution in [0.4, 0.5) is 13.2 Å². The van der Waals surface area contributed by atoms with Crippen molar-refractivity contribution in [2.24, 2.45) is 0 Å². The van der Waals surface area contributed by atoms with Crippen LogP contribution in [-0.2, 0) is 33.4 Å². The van der Waals surface area contributed by atoms with Gasteiger partial charge in [0, 0.05) is 6.42 Å². The molecule has 2 unspecified atom stereocenters. The van der Waals surface area contributed by atoms with Gasteiger partial charge in [-0.25, -0.2) is 4.98 Å². The number of imidazole rings is 1. The van der Waals surface area contributed by atoms with Crippen LogP contribution in [-0.4, -0.2) is 51.2 Å². The van der Waals surface area contributed by atoms with Crippen LogP contribution in [0.25, 0.3) is 0 Å². The van der Waals surface area contributed by atoms with E-state index in [2.05, 4.69) is 20.6 Å². The van der Waals surface area contributed by atoms with E-state index in [1.807, 2.05) is 0 Å². The van der Waals surface area contributed by atoms with Gasteiger partial charge in [-0.3, -0.25) is 14.4 Å². The highest BCUT2D eigenvalue weighted by atomic mass is 19.4. The zero-order valence-electron chi connectivity index (χ0n) is 16.9. The second-order valence-electron chi connectivity index (χ2n) is 6.98. The Morgan fingerprint density at radius 2 is 1.81 bits per heavy atom. The molecule has 4 N–H and O–H groups in total. The van der Waals surface area contributed by atoms with Crippen LogP contribution in [0, 0.1) is 0 Å². The molecule has 1 aromatic carbocycles. The molecule has 32 heavy (non-hydrogen) atoms. The number of carboxylic acid groups (broad SMARTS) is 1. The molecule has 0 saturated heterocycles. The van der Waals surface area contributed by atoms with Crippen molar-refractivity contribution in [2.75, 3.05) is 0 Å². The molecule has 2 aromatic rings. The number of aromatic amines is 1. The van der Waals surface area contributed by atoms with E-state index in [1.165, 1.54) is 25.3 Å². The first-order valence-corrected chi connectivity index (χ1v) is 9.48. The van der Waals surface area contributed by atoms with E-state index in [9.17, 15) is 32.3 Å². The molecule has 0 bridgehead atoms. The van der Waals surface area contributed by atoms with Crippen molar-refractivity contribution in [2.45, 2.75) is 44.4 Å². The van der Waals surface area contributed by atoms with Gasteiger partial charge in [0.25, 0.3) is 5.91 Å². The first-order chi connectivity index (χ1) is 15.0. The van der Waals surface area contributed by atoms with Crippen LogP contribution in [0.15, 0.2) is 30.5 Å². The Balaban J connectivity index is 1.88. The van der Waals surface area contributed by atoms with Crippen LogP contribution in [0.2, 0.25) is 0 Å². The lowest BCUT2D eigenvalue weighted by Crippen LogP contribution is -2.49. The molecule has 0 spiro atoms. The molecular formula is C20H21F3N4O5. The number of carbonyl (C=O) groups excluding carboxylic acids is 3. The third-order valence-corrected chi connectivity index (χ3v) is 4.43. The van der Waals surface area contributed by atoms with Gasteiger partial charge < -0.3 is 25.5 Å². The molecule has 12 heteroatoms. The number of amides is 2. The lowest BCUT2D eigenvalue weighted by molar-refractivity contribution is -0.139. The first-order valence-electron chi connectivity index (χ1n) is 9.48. The predicted octanol–water partition coefficient (Wildman–Crippen LogP) is 1.49. The Labute approximate surface area is 180 Å². The van der Waals surface area contributed by atoms with E-state index in [0.717, 1.165) is 12.1 Å². The SMILES string of the molecule is CC(NC(=O)c1cnc(CCc2ccc(C(F)(F)F)cc2)[nH]1)C(=O)NC(C=O)CC(=O)O. The summed E-state index contributed by atoms with van der Waals surface area (Å²) in [4.78, 5) is 52.6. The number of aliphatic carboxylic acids is 1. The minimum absolute atomic E-state index is 0.0598. The highest BCUT2D eigenvalue weighted by Gasteiger charge is 2.29.